The van der Waals surface area contributed by atoms with Crippen molar-refractivity contribution in [2.75, 3.05) is 31.3 Å². The van der Waals surface area contributed by atoms with Crippen molar-refractivity contribution < 1.29 is 23.9 Å². The van der Waals surface area contributed by atoms with E-state index >= 15 is 0 Å². The van der Waals surface area contributed by atoms with E-state index in [0.29, 0.717) is 18.1 Å². The predicted octanol–water partition coefficient (Wildman–Crippen LogP) is -0.616. The van der Waals surface area contributed by atoms with Gasteiger partial charge in [-0.05, 0) is 13.8 Å². The Morgan fingerprint density at radius 3 is 2.55 bits per heavy atom. The second-order valence-electron chi connectivity index (χ2n) is 4.10. The fourth-order valence-electron chi connectivity index (χ4n) is 1.81. The van der Waals surface area contributed by atoms with Crippen molar-refractivity contribution in [2.24, 2.45) is 5.73 Å². The molecule has 2 N–H and O–H groups in total. The highest BCUT2D eigenvalue weighted by Crippen LogP contribution is 2.18. The molecule has 0 saturated carbocycles. The van der Waals surface area contributed by atoms with Gasteiger partial charge in [0.1, 0.15) is 6.04 Å². The number of carbonyl (C=O) groups excluding carboxylic acids is 3. The van der Waals surface area contributed by atoms with E-state index in [9.17, 15) is 14.4 Å². The molecule has 1 fully saturated rings. The molecule has 0 bridgehead atoms. The molecule has 0 spiro atoms. The third kappa shape index (κ3) is 4.11. The predicted molar refractivity (Wildman–Crippen MR) is 74.1 cm³/mol. The molecule has 0 aromatic heterocycles. The van der Waals surface area contributed by atoms with Crippen LogP contribution in [0.2, 0.25) is 0 Å². The summed E-state index contributed by atoms with van der Waals surface area (Å²) in [6, 6.07) is -2.09. The van der Waals surface area contributed by atoms with Crippen molar-refractivity contribution in [2.45, 2.75) is 25.9 Å². The Morgan fingerprint density at radius 2 is 1.95 bits per heavy atom. The first-order chi connectivity index (χ1) is 9.52. The van der Waals surface area contributed by atoms with E-state index in [1.54, 1.807) is 25.6 Å². The second-order valence-corrected chi connectivity index (χ2v) is 5.25. The molecule has 1 heterocycles. The number of nitrogens with two attached hydrogens (primary N) is 1. The van der Waals surface area contributed by atoms with E-state index in [0.717, 1.165) is 0 Å². The second kappa shape index (κ2) is 8.11. The summed E-state index contributed by atoms with van der Waals surface area (Å²) in [7, 11) is 0. The zero-order chi connectivity index (χ0) is 15.1. The van der Waals surface area contributed by atoms with Gasteiger partial charge >= 0.3 is 11.9 Å². The third-order valence-corrected chi connectivity index (χ3v) is 3.80. The highest BCUT2D eigenvalue weighted by atomic mass is 32.2. The lowest BCUT2D eigenvalue weighted by Crippen LogP contribution is -2.57. The summed E-state index contributed by atoms with van der Waals surface area (Å²) in [5.74, 6) is -0.707. The molecule has 20 heavy (non-hydrogen) atoms. The number of amides is 1. The van der Waals surface area contributed by atoms with Crippen LogP contribution in [0.25, 0.3) is 0 Å². The molecule has 1 rings (SSSR count). The number of carbonyl (C=O) groups is 3. The number of nitrogens with zero attached hydrogens (tertiary/aromatic N) is 1. The molecule has 2 atom stereocenters. The summed E-state index contributed by atoms with van der Waals surface area (Å²) in [5.41, 5.74) is 5.59. The van der Waals surface area contributed by atoms with Crippen molar-refractivity contribution in [3.05, 3.63) is 0 Å². The highest BCUT2D eigenvalue weighted by Gasteiger charge is 2.38. The normalized spacial score (nSPS) is 20.1. The van der Waals surface area contributed by atoms with Crippen LogP contribution in [0, 0.1) is 0 Å². The van der Waals surface area contributed by atoms with Gasteiger partial charge in [0.2, 0.25) is 0 Å². The van der Waals surface area contributed by atoms with Crippen molar-refractivity contribution in [3.8, 4) is 0 Å². The lowest BCUT2D eigenvalue weighted by atomic mass is 10.2. The summed E-state index contributed by atoms with van der Waals surface area (Å²) in [4.78, 5) is 36.9. The molecule has 0 aliphatic carbocycles. The van der Waals surface area contributed by atoms with Crippen LogP contribution in [-0.4, -0.2) is 66.1 Å². The summed E-state index contributed by atoms with van der Waals surface area (Å²) < 4.78 is 9.67. The molecular formula is C12H20N2O5S. The number of rotatable bonds is 5. The Morgan fingerprint density at radius 1 is 1.30 bits per heavy atom. The van der Waals surface area contributed by atoms with Crippen LogP contribution in [0.5, 0.6) is 0 Å². The minimum absolute atomic E-state index is 0.150. The molecule has 7 nitrogen and oxygen atoms in total. The van der Waals surface area contributed by atoms with E-state index in [4.69, 9.17) is 15.2 Å². The molecule has 1 aliphatic rings. The van der Waals surface area contributed by atoms with Crippen LogP contribution in [0.15, 0.2) is 0 Å². The minimum atomic E-state index is -1.39. The topological polar surface area (TPSA) is 98.9 Å². The maximum Gasteiger partial charge on any atom is 0.332 e. The van der Waals surface area contributed by atoms with Gasteiger partial charge in [-0.3, -0.25) is 4.79 Å². The Hall–Kier alpha value is -1.28. The molecule has 1 saturated heterocycles. The fraction of sp³-hybridized carbons (Fsp3) is 0.750. The number of hydrogen-bond donors (Lipinski definition) is 1. The van der Waals surface area contributed by atoms with Gasteiger partial charge in [0.15, 0.2) is 6.04 Å². The Balaban J connectivity index is 2.76. The quantitative estimate of drug-likeness (QED) is 0.534. The number of hydrogen-bond acceptors (Lipinski definition) is 7. The Labute approximate surface area is 122 Å². The third-order valence-electron chi connectivity index (χ3n) is 2.78. The van der Waals surface area contributed by atoms with Crippen LogP contribution in [-0.2, 0) is 23.9 Å². The summed E-state index contributed by atoms with van der Waals surface area (Å²) in [6.07, 6.45) is 0. The number of esters is 2. The van der Waals surface area contributed by atoms with Gasteiger partial charge in [-0.15, -0.1) is 0 Å². The molecule has 2 unspecified atom stereocenters. The van der Waals surface area contributed by atoms with Crippen LogP contribution in [0.1, 0.15) is 13.8 Å². The number of ether oxygens (including phenoxy) is 2. The Kier molecular flexibility index (Phi) is 6.80. The van der Waals surface area contributed by atoms with E-state index in [2.05, 4.69) is 0 Å². The SMILES string of the molecule is CCOC(=O)C(N)C(=O)N1CCSCC1C(=O)OCC. The van der Waals surface area contributed by atoms with Crippen LogP contribution < -0.4 is 5.73 Å². The molecule has 0 aromatic rings. The van der Waals surface area contributed by atoms with E-state index in [-0.39, 0.29) is 13.2 Å². The highest BCUT2D eigenvalue weighted by molar-refractivity contribution is 7.99. The fourth-order valence-corrected chi connectivity index (χ4v) is 2.84. The molecule has 8 heteroatoms. The maximum absolute atomic E-state index is 12.2. The van der Waals surface area contributed by atoms with E-state index < -0.39 is 29.9 Å². The van der Waals surface area contributed by atoms with Gasteiger partial charge in [0, 0.05) is 18.1 Å². The van der Waals surface area contributed by atoms with Gasteiger partial charge in [-0.1, -0.05) is 0 Å². The molecule has 114 valence electrons. The first-order valence-corrected chi connectivity index (χ1v) is 7.65. The average Bonchev–Trinajstić information content (AvgIpc) is 2.46. The van der Waals surface area contributed by atoms with Crippen LogP contribution in [0.4, 0.5) is 0 Å². The van der Waals surface area contributed by atoms with Crippen molar-refractivity contribution in [1.29, 1.82) is 0 Å². The molecule has 1 aliphatic heterocycles. The summed E-state index contributed by atoms with van der Waals surface area (Å²) in [5, 5.41) is 0. The van der Waals surface area contributed by atoms with E-state index in [1.807, 2.05) is 0 Å². The largest absolute Gasteiger partial charge is 0.464 e. The van der Waals surface area contributed by atoms with Gasteiger partial charge in [0.05, 0.1) is 13.2 Å². The van der Waals surface area contributed by atoms with Gasteiger partial charge < -0.3 is 20.1 Å². The van der Waals surface area contributed by atoms with E-state index in [1.165, 1.54) is 4.90 Å². The molecule has 0 aromatic carbocycles. The Bertz CT molecular complexity index is 377. The van der Waals surface area contributed by atoms with Crippen molar-refractivity contribution in [1.82, 2.24) is 4.90 Å². The molecular weight excluding hydrogens is 284 g/mol. The lowest BCUT2D eigenvalue weighted by Gasteiger charge is -2.34. The monoisotopic (exact) mass is 304 g/mol. The molecule has 0 radical (unpaired) electrons. The summed E-state index contributed by atoms with van der Waals surface area (Å²) >= 11 is 1.56. The van der Waals surface area contributed by atoms with Gasteiger partial charge in [-0.25, -0.2) is 9.59 Å². The molecule has 1 amide bonds. The maximum atomic E-state index is 12.2. The van der Waals surface area contributed by atoms with Gasteiger partial charge in [0.25, 0.3) is 5.91 Å². The zero-order valence-electron chi connectivity index (χ0n) is 11.7. The van der Waals surface area contributed by atoms with Crippen LogP contribution >= 0.6 is 11.8 Å². The van der Waals surface area contributed by atoms with Crippen molar-refractivity contribution in [3.63, 3.8) is 0 Å². The van der Waals surface area contributed by atoms with Gasteiger partial charge in [-0.2, -0.15) is 11.8 Å². The van der Waals surface area contributed by atoms with Crippen LogP contribution in [0.3, 0.4) is 0 Å². The minimum Gasteiger partial charge on any atom is -0.464 e. The standard InChI is InChI=1S/C12H20N2O5S/c1-3-18-11(16)8-7-20-6-5-14(8)10(15)9(13)12(17)19-4-2/h8-9H,3-7,13H2,1-2H3. The first-order valence-electron chi connectivity index (χ1n) is 6.50. The number of thioether (sulfide) groups is 1. The average molecular weight is 304 g/mol. The zero-order valence-corrected chi connectivity index (χ0v) is 12.5. The van der Waals surface area contributed by atoms with Crippen molar-refractivity contribution >= 4 is 29.6 Å². The lowest BCUT2D eigenvalue weighted by molar-refractivity contribution is -0.158. The first kappa shape index (κ1) is 16.8. The smallest absolute Gasteiger partial charge is 0.332 e. The summed E-state index contributed by atoms with van der Waals surface area (Å²) in [6.45, 7) is 4.08.